The van der Waals surface area contributed by atoms with Crippen LogP contribution < -0.4 is 11.1 Å². The van der Waals surface area contributed by atoms with Crippen molar-refractivity contribution in [3.05, 3.63) is 39.9 Å². The second-order valence-electron chi connectivity index (χ2n) is 4.50. The third kappa shape index (κ3) is 3.25. The van der Waals surface area contributed by atoms with E-state index in [4.69, 9.17) is 5.73 Å². The van der Waals surface area contributed by atoms with Crippen molar-refractivity contribution in [2.24, 2.45) is 0 Å². The van der Waals surface area contributed by atoms with E-state index in [2.05, 4.69) is 38.1 Å². The van der Waals surface area contributed by atoms with Gasteiger partial charge in [0.15, 0.2) is 0 Å². The monoisotopic (exact) mass is 338 g/mol. The molecular weight excluding hydrogens is 323 g/mol. The van der Waals surface area contributed by atoms with E-state index in [0.717, 1.165) is 24.1 Å². The van der Waals surface area contributed by atoms with Crippen LogP contribution in [0.4, 0.5) is 21.7 Å². The topological polar surface area (TPSA) is 63.8 Å². The fourth-order valence-electron chi connectivity index (χ4n) is 1.75. The van der Waals surface area contributed by atoms with Gasteiger partial charge in [0.1, 0.15) is 23.3 Å². The van der Waals surface area contributed by atoms with E-state index >= 15 is 0 Å². The summed E-state index contributed by atoms with van der Waals surface area (Å²) in [7, 11) is 0. The van der Waals surface area contributed by atoms with E-state index in [1.54, 1.807) is 12.1 Å². The van der Waals surface area contributed by atoms with Gasteiger partial charge in [-0.1, -0.05) is 6.92 Å². The first-order valence-electron chi connectivity index (χ1n) is 6.36. The number of nitrogens with one attached hydrogen (secondary N) is 1. The number of nitrogens with zero attached hydrogens (tertiary/aromatic N) is 2. The Kier molecular flexibility index (Phi) is 4.54. The van der Waals surface area contributed by atoms with Gasteiger partial charge in [-0.15, -0.1) is 0 Å². The Morgan fingerprint density at radius 1 is 1.35 bits per heavy atom. The quantitative estimate of drug-likeness (QED) is 0.885. The highest BCUT2D eigenvalue weighted by atomic mass is 79.9. The maximum Gasteiger partial charge on any atom is 0.139 e. The van der Waals surface area contributed by atoms with Gasteiger partial charge in [-0.3, -0.25) is 0 Å². The largest absolute Gasteiger partial charge is 0.383 e. The molecule has 0 saturated heterocycles. The van der Waals surface area contributed by atoms with Crippen molar-refractivity contribution in [1.29, 1.82) is 0 Å². The average Bonchev–Trinajstić information content (AvgIpc) is 2.40. The molecule has 0 aliphatic rings. The van der Waals surface area contributed by atoms with Gasteiger partial charge in [-0.25, -0.2) is 14.4 Å². The zero-order valence-electron chi connectivity index (χ0n) is 11.4. The molecule has 0 aliphatic carbocycles. The Balaban J connectivity index is 2.34. The van der Waals surface area contributed by atoms with Crippen molar-refractivity contribution in [3.63, 3.8) is 0 Å². The Bertz CT molecular complexity index is 631. The van der Waals surface area contributed by atoms with Crippen LogP contribution in [-0.2, 0) is 6.42 Å². The summed E-state index contributed by atoms with van der Waals surface area (Å²) in [4.78, 5) is 8.71. The SMILES string of the molecule is CCCc1nc(N)c(C)c(Nc2ccc(F)c(Br)c2)n1. The van der Waals surface area contributed by atoms with Gasteiger partial charge in [-0.05, 0) is 47.5 Å². The second kappa shape index (κ2) is 6.17. The average molecular weight is 339 g/mol. The highest BCUT2D eigenvalue weighted by Crippen LogP contribution is 2.25. The van der Waals surface area contributed by atoms with Gasteiger partial charge in [0, 0.05) is 17.7 Å². The zero-order chi connectivity index (χ0) is 14.7. The van der Waals surface area contributed by atoms with Gasteiger partial charge in [0.2, 0.25) is 0 Å². The summed E-state index contributed by atoms with van der Waals surface area (Å²) in [6.07, 6.45) is 1.72. The third-order valence-corrected chi connectivity index (χ3v) is 3.49. The van der Waals surface area contributed by atoms with Crippen LogP contribution in [-0.4, -0.2) is 9.97 Å². The van der Waals surface area contributed by atoms with E-state index in [0.29, 0.717) is 21.9 Å². The van der Waals surface area contributed by atoms with Crippen molar-refractivity contribution in [1.82, 2.24) is 9.97 Å². The van der Waals surface area contributed by atoms with Crippen LogP contribution in [0.5, 0.6) is 0 Å². The molecule has 0 amide bonds. The third-order valence-electron chi connectivity index (χ3n) is 2.89. The minimum Gasteiger partial charge on any atom is -0.383 e. The predicted octanol–water partition coefficient (Wildman–Crippen LogP) is 3.96. The summed E-state index contributed by atoms with van der Waals surface area (Å²) >= 11 is 3.16. The molecule has 0 fully saturated rings. The van der Waals surface area contributed by atoms with Gasteiger partial charge in [0.25, 0.3) is 0 Å². The molecule has 1 aromatic heterocycles. The molecule has 2 rings (SSSR count). The molecule has 1 aromatic carbocycles. The molecule has 0 bridgehead atoms. The first kappa shape index (κ1) is 14.7. The number of halogens is 2. The first-order chi connectivity index (χ1) is 9.51. The molecule has 0 saturated carbocycles. The number of aromatic nitrogens is 2. The summed E-state index contributed by atoms with van der Waals surface area (Å²) in [5.41, 5.74) is 7.42. The maximum absolute atomic E-state index is 13.2. The number of anilines is 3. The van der Waals surface area contributed by atoms with E-state index < -0.39 is 0 Å². The van der Waals surface area contributed by atoms with E-state index in [9.17, 15) is 4.39 Å². The lowest BCUT2D eigenvalue weighted by Crippen LogP contribution is -2.07. The molecular formula is C14H16BrFN4. The molecule has 20 heavy (non-hydrogen) atoms. The lowest BCUT2D eigenvalue weighted by molar-refractivity contribution is 0.621. The number of rotatable bonds is 4. The summed E-state index contributed by atoms with van der Waals surface area (Å²) in [6.45, 7) is 3.91. The van der Waals surface area contributed by atoms with Crippen molar-refractivity contribution in [2.45, 2.75) is 26.7 Å². The van der Waals surface area contributed by atoms with Crippen LogP contribution in [0, 0.1) is 12.7 Å². The van der Waals surface area contributed by atoms with Gasteiger partial charge >= 0.3 is 0 Å². The van der Waals surface area contributed by atoms with Crippen molar-refractivity contribution < 1.29 is 4.39 Å². The number of hydrogen-bond acceptors (Lipinski definition) is 4. The highest BCUT2D eigenvalue weighted by Gasteiger charge is 2.09. The Hall–Kier alpha value is -1.69. The number of aryl methyl sites for hydroxylation is 1. The number of hydrogen-bond donors (Lipinski definition) is 2. The van der Waals surface area contributed by atoms with Crippen molar-refractivity contribution in [3.8, 4) is 0 Å². The molecule has 0 radical (unpaired) electrons. The first-order valence-corrected chi connectivity index (χ1v) is 7.15. The minimum atomic E-state index is -0.304. The van der Waals surface area contributed by atoms with Gasteiger partial charge < -0.3 is 11.1 Å². The van der Waals surface area contributed by atoms with Gasteiger partial charge in [0.05, 0.1) is 4.47 Å². The molecule has 2 aromatic rings. The molecule has 1 heterocycles. The number of nitrogens with two attached hydrogens (primary N) is 1. The molecule has 4 nitrogen and oxygen atoms in total. The van der Waals surface area contributed by atoms with Gasteiger partial charge in [-0.2, -0.15) is 0 Å². The molecule has 0 aliphatic heterocycles. The predicted molar refractivity (Wildman–Crippen MR) is 82.6 cm³/mol. The second-order valence-corrected chi connectivity index (χ2v) is 5.36. The van der Waals surface area contributed by atoms with Crippen LogP contribution in [0.2, 0.25) is 0 Å². The van der Waals surface area contributed by atoms with Crippen LogP contribution in [0.3, 0.4) is 0 Å². The van der Waals surface area contributed by atoms with Crippen molar-refractivity contribution in [2.75, 3.05) is 11.1 Å². The molecule has 3 N–H and O–H groups in total. The van der Waals surface area contributed by atoms with Crippen LogP contribution >= 0.6 is 15.9 Å². The zero-order valence-corrected chi connectivity index (χ0v) is 13.0. The Morgan fingerprint density at radius 2 is 2.10 bits per heavy atom. The number of nitrogen functional groups attached to an aromatic ring is 1. The molecule has 106 valence electrons. The highest BCUT2D eigenvalue weighted by molar-refractivity contribution is 9.10. The fraction of sp³-hybridized carbons (Fsp3) is 0.286. The fourth-order valence-corrected chi connectivity index (χ4v) is 2.13. The molecule has 0 unspecified atom stereocenters. The van der Waals surface area contributed by atoms with E-state index in [1.165, 1.54) is 6.07 Å². The summed E-state index contributed by atoms with van der Waals surface area (Å²) < 4.78 is 13.6. The summed E-state index contributed by atoms with van der Waals surface area (Å²) in [6, 6.07) is 4.70. The maximum atomic E-state index is 13.2. The lowest BCUT2D eigenvalue weighted by Gasteiger charge is -2.12. The molecule has 0 atom stereocenters. The van der Waals surface area contributed by atoms with Crippen molar-refractivity contribution >= 4 is 33.3 Å². The van der Waals surface area contributed by atoms with Crippen LogP contribution in [0.1, 0.15) is 24.7 Å². The van der Waals surface area contributed by atoms with Crippen LogP contribution in [0.25, 0.3) is 0 Å². The standard InChI is InChI=1S/C14H16BrFN4/c1-3-4-12-19-13(17)8(2)14(20-12)18-9-5-6-11(16)10(15)7-9/h5-7H,3-4H2,1-2H3,(H3,17,18,19,20). The minimum absolute atomic E-state index is 0.304. The van der Waals surface area contributed by atoms with E-state index in [1.807, 2.05) is 6.92 Å². The molecule has 6 heteroatoms. The van der Waals surface area contributed by atoms with Crippen LogP contribution in [0.15, 0.2) is 22.7 Å². The normalized spacial score (nSPS) is 10.6. The Labute approximate surface area is 125 Å². The van der Waals surface area contributed by atoms with E-state index in [-0.39, 0.29) is 5.82 Å². The lowest BCUT2D eigenvalue weighted by atomic mass is 10.2. The summed E-state index contributed by atoms with van der Waals surface area (Å²) in [5, 5.41) is 3.15. The number of benzene rings is 1. The molecule has 0 spiro atoms. The summed E-state index contributed by atoms with van der Waals surface area (Å²) in [5.74, 6) is 1.52. The smallest absolute Gasteiger partial charge is 0.139 e. The Morgan fingerprint density at radius 3 is 2.75 bits per heavy atom.